The van der Waals surface area contributed by atoms with E-state index in [0.29, 0.717) is 29.2 Å². The van der Waals surface area contributed by atoms with Crippen molar-refractivity contribution in [2.45, 2.75) is 46.0 Å². The van der Waals surface area contributed by atoms with Gasteiger partial charge in [-0.15, -0.1) is 0 Å². The molecule has 0 spiro atoms. The SMILES string of the molecule is CCCCCCCOc1c(Br)cc(C(=O)O)cc1OCC. The third-order valence-electron chi connectivity index (χ3n) is 3.05. The zero-order chi connectivity index (χ0) is 15.7. The molecular weight excluding hydrogens is 336 g/mol. The molecule has 1 aromatic rings. The second kappa shape index (κ2) is 9.66. The second-order valence-corrected chi connectivity index (χ2v) is 5.64. The van der Waals surface area contributed by atoms with Crippen molar-refractivity contribution in [3.8, 4) is 11.5 Å². The lowest BCUT2D eigenvalue weighted by molar-refractivity contribution is 0.0696. The largest absolute Gasteiger partial charge is 0.490 e. The minimum atomic E-state index is -0.984. The van der Waals surface area contributed by atoms with Crippen LogP contribution in [0.4, 0.5) is 0 Å². The molecule has 0 saturated heterocycles. The van der Waals surface area contributed by atoms with Gasteiger partial charge in [0.25, 0.3) is 0 Å². The van der Waals surface area contributed by atoms with Crippen LogP contribution in [0.1, 0.15) is 56.3 Å². The lowest BCUT2D eigenvalue weighted by Gasteiger charge is -2.14. The van der Waals surface area contributed by atoms with Gasteiger partial charge in [0.2, 0.25) is 0 Å². The lowest BCUT2D eigenvalue weighted by Crippen LogP contribution is -2.04. The average molecular weight is 359 g/mol. The summed E-state index contributed by atoms with van der Waals surface area (Å²) in [6, 6.07) is 3.04. The normalized spacial score (nSPS) is 10.4. The molecule has 0 fully saturated rings. The van der Waals surface area contributed by atoms with Gasteiger partial charge in [-0.1, -0.05) is 32.6 Å². The van der Waals surface area contributed by atoms with Crippen molar-refractivity contribution in [3.05, 3.63) is 22.2 Å². The number of ether oxygens (including phenoxy) is 2. The first-order chi connectivity index (χ1) is 10.1. The molecule has 4 nitrogen and oxygen atoms in total. The van der Waals surface area contributed by atoms with E-state index < -0.39 is 5.97 Å². The van der Waals surface area contributed by atoms with Crippen molar-refractivity contribution in [2.24, 2.45) is 0 Å². The summed E-state index contributed by atoms with van der Waals surface area (Å²) in [6.07, 6.45) is 5.82. The molecule has 5 heteroatoms. The molecule has 0 heterocycles. The van der Waals surface area contributed by atoms with Crippen molar-refractivity contribution < 1.29 is 19.4 Å². The summed E-state index contributed by atoms with van der Waals surface area (Å²) in [6.45, 7) is 5.11. The fourth-order valence-electron chi connectivity index (χ4n) is 1.97. The van der Waals surface area contributed by atoms with Gasteiger partial charge in [0.15, 0.2) is 11.5 Å². The first kappa shape index (κ1) is 17.8. The molecule has 1 rings (SSSR count). The van der Waals surface area contributed by atoms with E-state index in [9.17, 15) is 4.79 Å². The highest BCUT2D eigenvalue weighted by molar-refractivity contribution is 9.10. The Hall–Kier alpha value is -1.23. The van der Waals surface area contributed by atoms with E-state index in [-0.39, 0.29) is 5.56 Å². The molecular formula is C16H23BrO4. The molecule has 0 aliphatic carbocycles. The van der Waals surface area contributed by atoms with Crippen molar-refractivity contribution in [1.82, 2.24) is 0 Å². The Kier molecular flexibility index (Phi) is 8.20. The molecule has 0 radical (unpaired) electrons. The van der Waals surface area contributed by atoms with Crippen LogP contribution in [0.5, 0.6) is 11.5 Å². The monoisotopic (exact) mass is 358 g/mol. The highest BCUT2D eigenvalue weighted by atomic mass is 79.9. The predicted molar refractivity (Wildman–Crippen MR) is 86.5 cm³/mol. The fourth-order valence-corrected chi connectivity index (χ4v) is 2.53. The van der Waals surface area contributed by atoms with E-state index in [1.54, 1.807) is 0 Å². The molecule has 21 heavy (non-hydrogen) atoms. The molecule has 0 aliphatic rings. The van der Waals surface area contributed by atoms with Crippen LogP contribution in [-0.2, 0) is 0 Å². The van der Waals surface area contributed by atoms with E-state index in [0.717, 1.165) is 12.8 Å². The molecule has 0 amide bonds. The van der Waals surface area contributed by atoms with Gasteiger partial charge in [0.1, 0.15) is 0 Å². The maximum atomic E-state index is 11.1. The Morgan fingerprint density at radius 3 is 2.48 bits per heavy atom. The summed E-state index contributed by atoms with van der Waals surface area (Å²) >= 11 is 3.36. The van der Waals surface area contributed by atoms with Gasteiger partial charge in [0.05, 0.1) is 23.2 Å². The van der Waals surface area contributed by atoms with E-state index in [1.807, 2.05) is 6.92 Å². The number of hydrogen-bond acceptors (Lipinski definition) is 3. The Bertz CT molecular complexity index is 460. The van der Waals surface area contributed by atoms with Crippen LogP contribution in [0.3, 0.4) is 0 Å². The fraction of sp³-hybridized carbons (Fsp3) is 0.562. The number of hydrogen-bond donors (Lipinski definition) is 1. The van der Waals surface area contributed by atoms with Crippen molar-refractivity contribution >= 4 is 21.9 Å². The van der Waals surface area contributed by atoms with Crippen LogP contribution in [0.15, 0.2) is 16.6 Å². The van der Waals surface area contributed by atoms with Crippen molar-refractivity contribution in [3.63, 3.8) is 0 Å². The summed E-state index contributed by atoms with van der Waals surface area (Å²) in [5.74, 6) is 0.0675. The molecule has 0 atom stereocenters. The number of carbonyl (C=O) groups is 1. The lowest BCUT2D eigenvalue weighted by atomic mass is 10.1. The smallest absolute Gasteiger partial charge is 0.335 e. The number of carboxylic acids is 1. The Morgan fingerprint density at radius 1 is 1.14 bits per heavy atom. The van der Waals surface area contributed by atoms with Crippen LogP contribution >= 0.6 is 15.9 Å². The Balaban J connectivity index is 2.69. The zero-order valence-corrected chi connectivity index (χ0v) is 14.2. The molecule has 0 aromatic heterocycles. The van der Waals surface area contributed by atoms with Crippen molar-refractivity contribution in [1.29, 1.82) is 0 Å². The molecule has 0 saturated carbocycles. The average Bonchev–Trinajstić information content (AvgIpc) is 2.44. The summed E-state index contributed by atoms with van der Waals surface area (Å²) in [5.41, 5.74) is 0.181. The van der Waals surface area contributed by atoms with E-state index in [4.69, 9.17) is 14.6 Å². The van der Waals surface area contributed by atoms with Gasteiger partial charge in [0, 0.05) is 0 Å². The number of halogens is 1. The van der Waals surface area contributed by atoms with Crippen LogP contribution in [0.25, 0.3) is 0 Å². The minimum Gasteiger partial charge on any atom is -0.490 e. The first-order valence-corrected chi connectivity index (χ1v) is 8.21. The van der Waals surface area contributed by atoms with E-state index >= 15 is 0 Å². The summed E-state index contributed by atoms with van der Waals surface area (Å²) in [7, 11) is 0. The standard InChI is InChI=1S/C16H23BrO4/c1-3-5-6-7-8-9-21-15-13(17)10-12(16(18)19)11-14(15)20-4-2/h10-11H,3-9H2,1-2H3,(H,18,19). The van der Waals surface area contributed by atoms with Gasteiger partial charge >= 0.3 is 5.97 Å². The topological polar surface area (TPSA) is 55.8 Å². The van der Waals surface area contributed by atoms with Crippen molar-refractivity contribution in [2.75, 3.05) is 13.2 Å². The second-order valence-electron chi connectivity index (χ2n) is 4.79. The molecule has 1 N–H and O–H groups in total. The third kappa shape index (κ3) is 5.96. The van der Waals surface area contributed by atoms with Crippen LogP contribution in [0, 0.1) is 0 Å². The van der Waals surface area contributed by atoms with Gasteiger partial charge in [-0.05, 0) is 41.4 Å². The number of aromatic carboxylic acids is 1. The zero-order valence-electron chi connectivity index (χ0n) is 12.7. The highest BCUT2D eigenvalue weighted by Gasteiger charge is 2.15. The van der Waals surface area contributed by atoms with Gasteiger partial charge in [-0.25, -0.2) is 4.79 Å². The van der Waals surface area contributed by atoms with E-state index in [2.05, 4.69) is 22.9 Å². The number of benzene rings is 1. The number of carboxylic acid groups (broad SMARTS) is 1. The summed E-state index contributed by atoms with van der Waals surface area (Å²) < 4.78 is 11.9. The quantitative estimate of drug-likeness (QED) is 0.604. The highest BCUT2D eigenvalue weighted by Crippen LogP contribution is 2.37. The summed E-state index contributed by atoms with van der Waals surface area (Å²) in [5, 5.41) is 9.07. The first-order valence-electron chi connectivity index (χ1n) is 7.42. The summed E-state index contributed by atoms with van der Waals surface area (Å²) in [4.78, 5) is 11.1. The molecule has 118 valence electrons. The Labute approximate surface area is 134 Å². The van der Waals surface area contributed by atoms with Gasteiger partial charge in [-0.2, -0.15) is 0 Å². The molecule has 0 aliphatic heterocycles. The number of unbranched alkanes of at least 4 members (excludes halogenated alkanes) is 4. The number of rotatable bonds is 10. The maximum absolute atomic E-state index is 11.1. The van der Waals surface area contributed by atoms with E-state index in [1.165, 1.54) is 31.4 Å². The van der Waals surface area contributed by atoms with Crippen LogP contribution in [0.2, 0.25) is 0 Å². The Morgan fingerprint density at radius 2 is 1.86 bits per heavy atom. The molecule has 0 bridgehead atoms. The van der Waals surface area contributed by atoms with Gasteiger partial charge in [-0.3, -0.25) is 0 Å². The third-order valence-corrected chi connectivity index (χ3v) is 3.64. The minimum absolute atomic E-state index is 0.181. The predicted octanol–water partition coefficient (Wildman–Crippen LogP) is 4.90. The molecule has 1 aromatic carbocycles. The van der Waals surface area contributed by atoms with Gasteiger partial charge < -0.3 is 14.6 Å². The molecule has 0 unspecified atom stereocenters. The van der Waals surface area contributed by atoms with Crippen LogP contribution in [-0.4, -0.2) is 24.3 Å². The van der Waals surface area contributed by atoms with Crippen LogP contribution < -0.4 is 9.47 Å². The maximum Gasteiger partial charge on any atom is 0.335 e.